The van der Waals surface area contributed by atoms with E-state index in [0.717, 1.165) is 10.9 Å². The maximum absolute atomic E-state index is 14.6. The van der Waals surface area contributed by atoms with Gasteiger partial charge in [0.2, 0.25) is 0 Å². The number of aromatic nitrogens is 2. The number of fused-ring (bicyclic) bond motifs is 1. The molecule has 2 aromatic heterocycles. The number of alkyl halides is 3. The van der Waals surface area contributed by atoms with E-state index in [-0.39, 0.29) is 43.9 Å². The highest BCUT2D eigenvalue weighted by Crippen LogP contribution is 2.59. The molecule has 2 amide bonds. The van der Waals surface area contributed by atoms with Gasteiger partial charge in [0.15, 0.2) is 0 Å². The van der Waals surface area contributed by atoms with Gasteiger partial charge < -0.3 is 16.4 Å². The van der Waals surface area contributed by atoms with Crippen LogP contribution in [0.3, 0.4) is 0 Å². The number of halogens is 5. The first kappa shape index (κ1) is 25.5. The van der Waals surface area contributed by atoms with Gasteiger partial charge in [0.25, 0.3) is 0 Å². The van der Waals surface area contributed by atoms with E-state index in [0.29, 0.717) is 28.2 Å². The summed E-state index contributed by atoms with van der Waals surface area (Å²) in [5.74, 6) is -0.304. The Labute approximate surface area is 199 Å². The molecule has 2 heterocycles. The van der Waals surface area contributed by atoms with Crippen molar-refractivity contribution in [2.45, 2.75) is 39.3 Å². The lowest BCUT2D eigenvalue weighted by Gasteiger charge is -2.19. The quantitative estimate of drug-likeness (QED) is 0.382. The predicted octanol–water partition coefficient (Wildman–Crippen LogP) is 5.91. The fourth-order valence-corrected chi connectivity index (χ4v) is 3.92. The molecule has 4 rings (SSSR count). The van der Waals surface area contributed by atoms with Crippen molar-refractivity contribution >= 4 is 40.8 Å². The lowest BCUT2D eigenvalue weighted by atomic mass is 9.97. The van der Waals surface area contributed by atoms with E-state index in [4.69, 9.17) is 5.73 Å². The first-order valence-corrected chi connectivity index (χ1v) is 10.4. The molecule has 1 aliphatic rings. The molecule has 6 nitrogen and oxygen atoms in total. The number of nitrogen functional groups attached to an aromatic ring is 1. The highest BCUT2D eigenvalue weighted by Gasteiger charge is 2.62. The molecule has 1 fully saturated rings. The summed E-state index contributed by atoms with van der Waals surface area (Å²) in [5, 5.41) is 5.54. The fraction of sp³-hybridized carbons (Fsp3) is 0.348. The van der Waals surface area contributed by atoms with E-state index in [9.17, 15) is 22.4 Å². The molecule has 0 spiro atoms. The maximum atomic E-state index is 14.6. The smallest absolute Gasteiger partial charge is 0.384 e. The Kier molecular flexibility index (Phi) is 6.93. The number of aryl methyl sites for hydroxylation is 2. The van der Waals surface area contributed by atoms with Crippen LogP contribution in [-0.4, -0.2) is 28.7 Å². The number of anilines is 2. The van der Waals surface area contributed by atoms with Crippen LogP contribution in [0.5, 0.6) is 0 Å². The minimum absolute atomic E-state index is 0. The van der Waals surface area contributed by atoms with Gasteiger partial charge in [0, 0.05) is 35.5 Å². The van der Waals surface area contributed by atoms with Crippen LogP contribution >= 0.6 is 12.4 Å². The van der Waals surface area contributed by atoms with Gasteiger partial charge in [-0.25, -0.2) is 14.2 Å². The van der Waals surface area contributed by atoms with Crippen molar-refractivity contribution in [1.29, 1.82) is 0 Å². The summed E-state index contributed by atoms with van der Waals surface area (Å²) in [7, 11) is 0. The summed E-state index contributed by atoms with van der Waals surface area (Å²) in [6, 6.07) is 5.53. The molecule has 34 heavy (non-hydrogen) atoms. The molecule has 1 aromatic carbocycles. The largest absolute Gasteiger partial charge is 0.394 e. The van der Waals surface area contributed by atoms with Gasteiger partial charge >= 0.3 is 12.2 Å². The van der Waals surface area contributed by atoms with Crippen LogP contribution in [0.1, 0.15) is 30.5 Å². The lowest BCUT2D eigenvalue weighted by molar-refractivity contribution is -0.188. The van der Waals surface area contributed by atoms with Crippen LogP contribution in [0.15, 0.2) is 30.5 Å². The van der Waals surface area contributed by atoms with Crippen LogP contribution < -0.4 is 16.4 Å². The number of carbonyl (C=O) groups is 1. The van der Waals surface area contributed by atoms with Crippen molar-refractivity contribution in [1.82, 2.24) is 15.3 Å². The van der Waals surface area contributed by atoms with Crippen LogP contribution in [-0.2, 0) is 0 Å². The second kappa shape index (κ2) is 9.25. The fourth-order valence-electron chi connectivity index (χ4n) is 3.92. The van der Waals surface area contributed by atoms with Gasteiger partial charge in [-0.05, 0) is 62.4 Å². The van der Waals surface area contributed by atoms with Crippen LogP contribution in [0, 0.1) is 25.1 Å². The average molecular weight is 498 g/mol. The normalized spacial score (nSPS) is 14.4. The molecule has 1 saturated carbocycles. The van der Waals surface area contributed by atoms with E-state index in [1.165, 1.54) is 12.1 Å². The molecule has 0 radical (unpaired) electrons. The summed E-state index contributed by atoms with van der Waals surface area (Å²) in [6.07, 6.45) is -2.75. The summed E-state index contributed by atoms with van der Waals surface area (Å²) in [4.78, 5) is 20.8. The minimum atomic E-state index is -4.28. The number of rotatable bonds is 5. The first-order chi connectivity index (χ1) is 15.5. The van der Waals surface area contributed by atoms with Gasteiger partial charge in [-0.3, -0.25) is 4.98 Å². The molecule has 0 atom stereocenters. The van der Waals surface area contributed by atoms with Crippen molar-refractivity contribution < 1.29 is 22.4 Å². The zero-order valence-electron chi connectivity index (χ0n) is 18.5. The number of urea groups is 1. The Morgan fingerprint density at radius 1 is 1.15 bits per heavy atom. The van der Waals surface area contributed by atoms with Crippen LogP contribution in [0.2, 0.25) is 0 Å². The SMILES string of the molecule is Cc1cc(F)c(NC(=O)NCCC2(C(F)(F)F)CC2)cc1-c1cc2cnc(N)cc2nc1C.Cl. The molecule has 0 saturated heterocycles. The topological polar surface area (TPSA) is 92.9 Å². The summed E-state index contributed by atoms with van der Waals surface area (Å²) in [6.45, 7) is 3.39. The standard InChI is InChI=1S/C23H23F4N5O.ClH/c1-12-7-17(24)19(32-21(33)29-6-5-22(3-4-22)23(25,26)27)9-15(12)16-8-14-11-30-20(28)10-18(14)31-13(16)2;/h7-11H,3-6H2,1-2H3,(H2,28,30)(H2,29,32,33);1H. The van der Waals surface area contributed by atoms with Gasteiger partial charge in [-0.15, -0.1) is 12.4 Å². The summed E-state index contributed by atoms with van der Waals surface area (Å²) < 4.78 is 53.6. The van der Waals surface area contributed by atoms with Crippen LogP contribution in [0.4, 0.5) is 33.9 Å². The zero-order chi connectivity index (χ0) is 24.0. The van der Waals surface area contributed by atoms with Crippen molar-refractivity contribution in [2.75, 3.05) is 17.6 Å². The Hall–Kier alpha value is -3.14. The van der Waals surface area contributed by atoms with Gasteiger partial charge in [-0.2, -0.15) is 13.2 Å². The van der Waals surface area contributed by atoms with Gasteiger partial charge in [-0.1, -0.05) is 0 Å². The molecule has 0 unspecified atom stereocenters. The average Bonchev–Trinajstić information content (AvgIpc) is 3.51. The van der Waals surface area contributed by atoms with Crippen molar-refractivity contribution in [3.05, 3.63) is 47.5 Å². The van der Waals surface area contributed by atoms with E-state index >= 15 is 0 Å². The molecule has 3 aromatic rings. The number of hydrogen-bond donors (Lipinski definition) is 3. The summed E-state index contributed by atoms with van der Waals surface area (Å²) in [5.41, 5.74) is 7.31. The molecule has 0 aliphatic heterocycles. The summed E-state index contributed by atoms with van der Waals surface area (Å²) >= 11 is 0. The van der Waals surface area contributed by atoms with Crippen molar-refractivity contribution in [3.8, 4) is 11.1 Å². The first-order valence-electron chi connectivity index (χ1n) is 10.4. The maximum Gasteiger partial charge on any atom is 0.394 e. The Balaban J connectivity index is 0.00000324. The number of nitrogens with two attached hydrogens (primary N) is 1. The van der Waals surface area contributed by atoms with Gasteiger partial charge in [0.05, 0.1) is 16.6 Å². The minimum Gasteiger partial charge on any atom is -0.384 e. The van der Waals surface area contributed by atoms with Crippen molar-refractivity contribution in [3.63, 3.8) is 0 Å². The molecule has 11 heteroatoms. The Morgan fingerprint density at radius 2 is 1.85 bits per heavy atom. The van der Waals surface area contributed by atoms with Gasteiger partial charge in [0.1, 0.15) is 11.6 Å². The monoisotopic (exact) mass is 497 g/mol. The molecule has 1 aliphatic carbocycles. The second-order valence-corrected chi connectivity index (χ2v) is 8.48. The van der Waals surface area contributed by atoms with Crippen LogP contribution in [0.25, 0.3) is 22.0 Å². The highest BCUT2D eigenvalue weighted by atomic mass is 35.5. The molecule has 4 N–H and O–H groups in total. The molecule has 0 bridgehead atoms. The predicted molar refractivity (Wildman–Crippen MR) is 125 cm³/mol. The second-order valence-electron chi connectivity index (χ2n) is 8.48. The number of nitrogens with one attached hydrogen (secondary N) is 2. The molecule has 182 valence electrons. The zero-order valence-corrected chi connectivity index (χ0v) is 19.3. The third-order valence-corrected chi connectivity index (χ3v) is 6.11. The number of pyridine rings is 2. The number of benzene rings is 1. The number of amides is 2. The molecular formula is C23H24ClF4N5O. The van der Waals surface area contributed by atoms with Crippen molar-refractivity contribution in [2.24, 2.45) is 5.41 Å². The Morgan fingerprint density at radius 3 is 2.50 bits per heavy atom. The Bertz CT molecular complexity index is 1240. The van der Waals surface area contributed by atoms with E-state index in [1.807, 2.05) is 13.0 Å². The highest BCUT2D eigenvalue weighted by molar-refractivity contribution is 5.92. The number of carbonyl (C=O) groups excluding carboxylic acids is 1. The van der Waals surface area contributed by atoms with E-state index in [1.54, 1.807) is 19.2 Å². The third kappa shape index (κ3) is 5.01. The number of hydrogen-bond acceptors (Lipinski definition) is 4. The van der Waals surface area contributed by atoms with E-state index < -0.39 is 23.4 Å². The third-order valence-electron chi connectivity index (χ3n) is 6.11. The number of nitrogens with zero attached hydrogens (tertiary/aromatic N) is 2. The molecular weight excluding hydrogens is 474 g/mol. The van der Waals surface area contributed by atoms with E-state index in [2.05, 4.69) is 20.6 Å². The lowest BCUT2D eigenvalue weighted by Crippen LogP contribution is -2.34.